The standard InChI is InChI=1S/C20H37N3O6/c1-14(2)13-16(15(7-6-11-24)19(26)22-28)18(25)21-17-8-4-5-9-23(20(17)27)10-12-29-3/h14-17,24,28H,4-13H2,1-3H3,(H,21,25)(H,22,26)/t15-,16+,17-/m0/s1. The van der Waals surface area contributed by atoms with Crippen molar-refractivity contribution in [3.8, 4) is 0 Å². The molecule has 1 fully saturated rings. The van der Waals surface area contributed by atoms with E-state index in [-0.39, 0.29) is 30.8 Å². The third-order valence-electron chi connectivity index (χ3n) is 5.33. The number of hydrogen-bond acceptors (Lipinski definition) is 6. The normalized spacial score (nSPS) is 19.6. The van der Waals surface area contributed by atoms with Gasteiger partial charge in [0.2, 0.25) is 17.7 Å². The van der Waals surface area contributed by atoms with Gasteiger partial charge >= 0.3 is 0 Å². The molecule has 0 aliphatic carbocycles. The Hall–Kier alpha value is -1.71. The number of hydroxylamine groups is 1. The molecule has 0 aromatic heterocycles. The summed E-state index contributed by atoms with van der Waals surface area (Å²) >= 11 is 0. The lowest BCUT2D eigenvalue weighted by atomic mass is 9.81. The van der Waals surface area contributed by atoms with E-state index in [4.69, 9.17) is 15.1 Å². The molecule has 0 saturated carbocycles. The molecular formula is C20H37N3O6. The highest BCUT2D eigenvalue weighted by atomic mass is 16.5. The van der Waals surface area contributed by atoms with Crippen molar-refractivity contribution in [2.45, 2.75) is 58.4 Å². The van der Waals surface area contributed by atoms with Crippen LogP contribution in [-0.4, -0.2) is 72.4 Å². The van der Waals surface area contributed by atoms with E-state index in [1.165, 1.54) is 0 Å². The van der Waals surface area contributed by atoms with Crippen LogP contribution in [0.1, 0.15) is 52.4 Å². The van der Waals surface area contributed by atoms with Gasteiger partial charge in [-0.05, 0) is 44.4 Å². The molecule has 1 aliphatic rings. The van der Waals surface area contributed by atoms with Gasteiger partial charge in [-0.3, -0.25) is 19.6 Å². The van der Waals surface area contributed by atoms with Gasteiger partial charge in [0, 0.05) is 32.7 Å². The van der Waals surface area contributed by atoms with Crippen molar-refractivity contribution >= 4 is 17.7 Å². The first-order valence-corrected chi connectivity index (χ1v) is 10.5. The number of likely N-dealkylation sites (tertiary alicyclic amines) is 1. The SMILES string of the molecule is COCCN1CCCC[C@H](NC(=O)[C@H](CC(C)C)[C@H](CCCO)C(=O)NO)C1=O. The Morgan fingerprint density at radius 1 is 1.24 bits per heavy atom. The Labute approximate surface area is 173 Å². The highest BCUT2D eigenvalue weighted by Crippen LogP contribution is 2.26. The average Bonchev–Trinajstić information content (AvgIpc) is 2.86. The van der Waals surface area contributed by atoms with E-state index in [9.17, 15) is 14.4 Å². The number of hydrogen-bond donors (Lipinski definition) is 4. The maximum absolute atomic E-state index is 13.1. The van der Waals surface area contributed by atoms with Crippen LogP contribution in [0.4, 0.5) is 0 Å². The van der Waals surface area contributed by atoms with Crippen LogP contribution in [0.5, 0.6) is 0 Å². The van der Waals surface area contributed by atoms with Crippen molar-refractivity contribution in [2.75, 3.05) is 33.4 Å². The van der Waals surface area contributed by atoms with Crippen LogP contribution in [0, 0.1) is 17.8 Å². The van der Waals surface area contributed by atoms with Crippen molar-refractivity contribution in [2.24, 2.45) is 17.8 Å². The summed E-state index contributed by atoms with van der Waals surface area (Å²) < 4.78 is 5.07. The summed E-state index contributed by atoms with van der Waals surface area (Å²) in [6, 6.07) is -0.632. The van der Waals surface area contributed by atoms with E-state index in [2.05, 4.69) is 5.32 Å². The Morgan fingerprint density at radius 3 is 2.55 bits per heavy atom. The number of carbonyl (C=O) groups is 3. The minimum atomic E-state index is -0.778. The lowest BCUT2D eigenvalue weighted by Crippen LogP contribution is -2.51. The summed E-state index contributed by atoms with van der Waals surface area (Å²) in [6.45, 7) is 5.33. The molecule has 0 aromatic carbocycles. The molecule has 0 aromatic rings. The molecular weight excluding hydrogens is 378 g/mol. The molecule has 9 heteroatoms. The fourth-order valence-corrected chi connectivity index (χ4v) is 3.81. The highest BCUT2D eigenvalue weighted by molar-refractivity contribution is 5.91. The van der Waals surface area contributed by atoms with Gasteiger partial charge in [-0.15, -0.1) is 0 Å². The summed E-state index contributed by atoms with van der Waals surface area (Å²) in [6.07, 6.45) is 3.28. The Balaban J connectivity index is 2.96. The number of aliphatic hydroxyl groups excluding tert-OH is 1. The van der Waals surface area contributed by atoms with Gasteiger partial charge in [-0.25, -0.2) is 5.48 Å². The second-order valence-corrected chi connectivity index (χ2v) is 8.06. The van der Waals surface area contributed by atoms with E-state index in [1.807, 2.05) is 13.8 Å². The fourth-order valence-electron chi connectivity index (χ4n) is 3.81. The third-order valence-corrected chi connectivity index (χ3v) is 5.33. The van der Waals surface area contributed by atoms with Gasteiger partial charge in [0.1, 0.15) is 6.04 Å². The quantitative estimate of drug-likeness (QED) is 0.274. The van der Waals surface area contributed by atoms with Crippen molar-refractivity contribution in [1.82, 2.24) is 15.7 Å². The van der Waals surface area contributed by atoms with E-state index >= 15 is 0 Å². The maximum Gasteiger partial charge on any atom is 0.247 e. The summed E-state index contributed by atoms with van der Waals surface area (Å²) in [4.78, 5) is 39.9. The molecule has 29 heavy (non-hydrogen) atoms. The van der Waals surface area contributed by atoms with Gasteiger partial charge in [0.15, 0.2) is 0 Å². The van der Waals surface area contributed by atoms with E-state index in [1.54, 1.807) is 17.5 Å². The summed E-state index contributed by atoms with van der Waals surface area (Å²) in [7, 11) is 1.58. The first-order chi connectivity index (χ1) is 13.8. The number of carbonyl (C=O) groups excluding carboxylic acids is 3. The number of rotatable bonds is 12. The largest absolute Gasteiger partial charge is 0.396 e. The van der Waals surface area contributed by atoms with Crippen molar-refractivity contribution in [3.63, 3.8) is 0 Å². The maximum atomic E-state index is 13.1. The Morgan fingerprint density at radius 2 is 1.97 bits per heavy atom. The molecule has 0 radical (unpaired) electrons. The highest BCUT2D eigenvalue weighted by Gasteiger charge is 2.36. The molecule has 1 heterocycles. The van der Waals surface area contributed by atoms with E-state index in [0.29, 0.717) is 39.0 Å². The zero-order chi connectivity index (χ0) is 21.8. The zero-order valence-electron chi connectivity index (χ0n) is 17.9. The van der Waals surface area contributed by atoms with E-state index < -0.39 is 23.8 Å². The van der Waals surface area contributed by atoms with Crippen LogP contribution in [0.25, 0.3) is 0 Å². The second kappa shape index (κ2) is 13.5. The molecule has 1 saturated heterocycles. The van der Waals surface area contributed by atoms with Crippen LogP contribution in [-0.2, 0) is 19.1 Å². The second-order valence-electron chi connectivity index (χ2n) is 8.06. The van der Waals surface area contributed by atoms with Crippen LogP contribution in [0.3, 0.4) is 0 Å². The molecule has 0 spiro atoms. The van der Waals surface area contributed by atoms with Gasteiger partial charge in [-0.1, -0.05) is 13.8 Å². The number of ether oxygens (including phenoxy) is 1. The molecule has 3 atom stereocenters. The summed E-state index contributed by atoms with van der Waals surface area (Å²) in [5.74, 6) is -2.48. The Kier molecular flexibility index (Phi) is 11.8. The summed E-state index contributed by atoms with van der Waals surface area (Å²) in [5.41, 5.74) is 1.65. The molecule has 0 unspecified atom stereocenters. The topological polar surface area (TPSA) is 128 Å². The number of nitrogens with zero attached hydrogens (tertiary/aromatic N) is 1. The van der Waals surface area contributed by atoms with E-state index in [0.717, 1.165) is 12.8 Å². The smallest absolute Gasteiger partial charge is 0.247 e. The zero-order valence-corrected chi connectivity index (χ0v) is 17.9. The first kappa shape index (κ1) is 25.3. The summed E-state index contributed by atoms with van der Waals surface area (Å²) in [5, 5.41) is 21.1. The molecule has 1 rings (SSSR count). The van der Waals surface area contributed by atoms with Gasteiger partial charge in [0.05, 0.1) is 12.5 Å². The number of nitrogens with one attached hydrogen (secondary N) is 2. The lowest BCUT2D eigenvalue weighted by molar-refractivity contribution is -0.143. The number of aliphatic hydroxyl groups is 1. The van der Waals surface area contributed by atoms with Crippen LogP contribution < -0.4 is 10.8 Å². The van der Waals surface area contributed by atoms with Crippen molar-refractivity contribution < 1.29 is 29.4 Å². The minimum Gasteiger partial charge on any atom is -0.396 e. The van der Waals surface area contributed by atoms with Gasteiger partial charge in [0.25, 0.3) is 0 Å². The van der Waals surface area contributed by atoms with Crippen LogP contribution >= 0.6 is 0 Å². The molecule has 168 valence electrons. The minimum absolute atomic E-state index is 0.110. The van der Waals surface area contributed by atoms with Gasteiger partial charge in [-0.2, -0.15) is 0 Å². The average molecular weight is 416 g/mol. The van der Waals surface area contributed by atoms with Gasteiger partial charge < -0.3 is 20.1 Å². The molecule has 9 nitrogen and oxygen atoms in total. The third kappa shape index (κ3) is 8.28. The van der Waals surface area contributed by atoms with Crippen LogP contribution in [0.15, 0.2) is 0 Å². The number of methoxy groups -OCH3 is 1. The molecule has 1 aliphatic heterocycles. The fraction of sp³-hybridized carbons (Fsp3) is 0.850. The number of amides is 3. The van der Waals surface area contributed by atoms with Crippen LogP contribution in [0.2, 0.25) is 0 Å². The van der Waals surface area contributed by atoms with Crippen molar-refractivity contribution in [1.29, 1.82) is 0 Å². The molecule has 4 N–H and O–H groups in total. The monoisotopic (exact) mass is 415 g/mol. The lowest BCUT2D eigenvalue weighted by Gasteiger charge is -2.29. The Bertz CT molecular complexity index is 528. The molecule has 3 amide bonds. The predicted octanol–water partition coefficient (Wildman–Crippen LogP) is 0.687. The first-order valence-electron chi connectivity index (χ1n) is 10.5. The predicted molar refractivity (Wildman–Crippen MR) is 107 cm³/mol. The van der Waals surface area contributed by atoms with Crippen molar-refractivity contribution in [3.05, 3.63) is 0 Å². The molecule has 0 bridgehead atoms.